The van der Waals surface area contributed by atoms with E-state index in [2.05, 4.69) is 5.32 Å². The average Bonchev–Trinajstić information content (AvgIpc) is 2.70. The third kappa shape index (κ3) is 6.02. The molecule has 9 heteroatoms. The first-order valence-corrected chi connectivity index (χ1v) is 10.8. The number of ether oxygens (including phenoxy) is 3. The van der Waals surface area contributed by atoms with Gasteiger partial charge in [0.1, 0.15) is 5.75 Å². The summed E-state index contributed by atoms with van der Waals surface area (Å²) in [5.41, 5.74) is 1.01. The van der Waals surface area contributed by atoms with Gasteiger partial charge in [-0.05, 0) is 30.7 Å². The van der Waals surface area contributed by atoms with Crippen LogP contribution in [0.1, 0.15) is 12.8 Å². The van der Waals surface area contributed by atoms with Gasteiger partial charge in [0.25, 0.3) is 0 Å². The van der Waals surface area contributed by atoms with Crippen LogP contribution in [0, 0.1) is 0 Å². The van der Waals surface area contributed by atoms with Gasteiger partial charge in [-0.15, -0.1) is 0 Å². The minimum absolute atomic E-state index is 0.148. The molecular weight excluding hydrogens is 396 g/mol. The van der Waals surface area contributed by atoms with Gasteiger partial charge >= 0.3 is 0 Å². The minimum atomic E-state index is -3.53. The molecule has 0 spiro atoms. The molecule has 2 aromatic rings. The molecule has 2 aromatic carbocycles. The Kier molecular flexibility index (Phi) is 7.72. The number of para-hydroxylation sites is 2. The van der Waals surface area contributed by atoms with Gasteiger partial charge in [0, 0.05) is 24.7 Å². The van der Waals surface area contributed by atoms with Crippen molar-refractivity contribution in [1.82, 2.24) is 0 Å². The van der Waals surface area contributed by atoms with Crippen LogP contribution in [0.5, 0.6) is 17.2 Å². The summed E-state index contributed by atoms with van der Waals surface area (Å²) < 4.78 is 41.4. The van der Waals surface area contributed by atoms with Crippen LogP contribution in [0.2, 0.25) is 0 Å². The summed E-state index contributed by atoms with van der Waals surface area (Å²) in [7, 11) is 0.997. The summed E-state index contributed by atoms with van der Waals surface area (Å²) in [4.78, 5) is 12.3. The number of benzene rings is 2. The Balaban J connectivity index is 2.02. The highest BCUT2D eigenvalue weighted by Gasteiger charge is 2.21. The SMILES string of the molecule is COc1ccc(NC(=O)CCCN(c2ccccc2OC)S(C)(=O)=O)cc1OC. The summed E-state index contributed by atoms with van der Waals surface area (Å²) in [5, 5.41) is 2.78. The van der Waals surface area contributed by atoms with Crippen molar-refractivity contribution in [1.29, 1.82) is 0 Å². The van der Waals surface area contributed by atoms with Crippen LogP contribution in [0.15, 0.2) is 42.5 Å². The Morgan fingerprint density at radius 1 is 0.966 bits per heavy atom. The quantitative estimate of drug-likeness (QED) is 0.633. The van der Waals surface area contributed by atoms with Gasteiger partial charge in [0.05, 0.1) is 33.3 Å². The molecule has 0 aliphatic carbocycles. The maximum absolute atomic E-state index is 12.3. The monoisotopic (exact) mass is 422 g/mol. The first-order chi connectivity index (χ1) is 13.8. The molecule has 0 aromatic heterocycles. The molecule has 0 bridgehead atoms. The van der Waals surface area contributed by atoms with Crippen LogP contribution in [0.4, 0.5) is 11.4 Å². The van der Waals surface area contributed by atoms with E-state index in [1.807, 2.05) is 0 Å². The second-order valence-electron chi connectivity index (χ2n) is 6.23. The van der Waals surface area contributed by atoms with Crippen LogP contribution in [-0.2, 0) is 14.8 Å². The highest BCUT2D eigenvalue weighted by molar-refractivity contribution is 7.92. The van der Waals surface area contributed by atoms with Crippen LogP contribution < -0.4 is 23.8 Å². The molecule has 0 saturated carbocycles. The number of anilines is 2. The number of amides is 1. The fourth-order valence-electron chi connectivity index (χ4n) is 2.82. The number of carbonyl (C=O) groups is 1. The van der Waals surface area contributed by atoms with Gasteiger partial charge in [-0.2, -0.15) is 0 Å². The van der Waals surface area contributed by atoms with Gasteiger partial charge < -0.3 is 19.5 Å². The second kappa shape index (κ2) is 10.0. The largest absolute Gasteiger partial charge is 0.495 e. The number of rotatable bonds is 10. The zero-order valence-corrected chi connectivity index (χ0v) is 17.8. The number of carbonyl (C=O) groups excluding carboxylic acids is 1. The molecule has 0 aliphatic rings. The predicted molar refractivity (Wildman–Crippen MR) is 113 cm³/mol. The molecule has 29 heavy (non-hydrogen) atoms. The molecule has 1 amide bonds. The molecule has 1 N–H and O–H groups in total. The van der Waals surface area contributed by atoms with E-state index in [9.17, 15) is 13.2 Å². The summed E-state index contributed by atoms with van der Waals surface area (Å²) in [6, 6.07) is 11.9. The van der Waals surface area contributed by atoms with Crippen LogP contribution >= 0.6 is 0 Å². The topological polar surface area (TPSA) is 94.2 Å². The Hall–Kier alpha value is -2.94. The molecule has 2 rings (SSSR count). The van der Waals surface area contributed by atoms with Crippen molar-refractivity contribution in [2.45, 2.75) is 12.8 Å². The molecule has 0 fully saturated rings. The van der Waals surface area contributed by atoms with Crippen molar-refractivity contribution in [3.63, 3.8) is 0 Å². The highest BCUT2D eigenvalue weighted by Crippen LogP contribution is 2.31. The van der Waals surface area contributed by atoms with Crippen molar-refractivity contribution >= 4 is 27.3 Å². The summed E-state index contributed by atoms with van der Waals surface area (Å²) in [6.07, 6.45) is 1.61. The number of methoxy groups -OCH3 is 3. The first kappa shape index (κ1) is 22.4. The fraction of sp³-hybridized carbons (Fsp3) is 0.350. The molecule has 158 valence electrons. The third-order valence-electron chi connectivity index (χ3n) is 4.19. The zero-order chi connectivity index (χ0) is 21.4. The van der Waals surface area contributed by atoms with Gasteiger partial charge in [-0.3, -0.25) is 9.10 Å². The van der Waals surface area contributed by atoms with Crippen molar-refractivity contribution in [3.05, 3.63) is 42.5 Å². The van der Waals surface area contributed by atoms with E-state index in [4.69, 9.17) is 14.2 Å². The lowest BCUT2D eigenvalue weighted by atomic mass is 10.2. The lowest BCUT2D eigenvalue weighted by molar-refractivity contribution is -0.116. The van der Waals surface area contributed by atoms with E-state index >= 15 is 0 Å². The maximum Gasteiger partial charge on any atom is 0.232 e. The van der Waals surface area contributed by atoms with E-state index < -0.39 is 10.0 Å². The minimum Gasteiger partial charge on any atom is -0.495 e. The van der Waals surface area contributed by atoms with Crippen molar-refractivity contribution < 1.29 is 27.4 Å². The Morgan fingerprint density at radius 2 is 1.62 bits per heavy atom. The summed E-state index contributed by atoms with van der Waals surface area (Å²) in [6.45, 7) is 0.151. The molecule has 0 aliphatic heterocycles. The Labute approximate surface area is 171 Å². The van der Waals surface area contributed by atoms with Crippen molar-refractivity contribution in [2.24, 2.45) is 0 Å². The molecule has 0 saturated heterocycles. The number of hydrogen-bond donors (Lipinski definition) is 1. The van der Waals surface area contributed by atoms with Crippen LogP contribution in [0.25, 0.3) is 0 Å². The molecule has 0 atom stereocenters. The number of hydrogen-bond acceptors (Lipinski definition) is 6. The molecule has 0 unspecified atom stereocenters. The van der Waals surface area contributed by atoms with E-state index in [-0.39, 0.29) is 18.9 Å². The van der Waals surface area contributed by atoms with Gasteiger partial charge in [0.15, 0.2) is 11.5 Å². The zero-order valence-electron chi connectivity index (χ0n) is 17.0. The van der Waals surface area contributed by atoms with Crippen LogP contribution in [-0.4, -0.2) is 48.5 Å². The van der Waals surface area contributed by atoms with Gasteiger partial charge in [0.2, 0.25) is 15.9 Å². The molecular formula is C20H26N2O6S. The lowest BCUT2D eigenvalue weighted by Gasteiger charge is -2.24. The average molecular weight is 423 g/mol. The summed E-state index contributed by atoms with van der Waals surface area (Å²) in [5.74, 6) is 1.29. The number of nitrogens with zero attached hydrogens (tertiary/aromatic N) is 1. The highest BCUT2D eigenvalue weighted by atomic mass is 32.2. The van der Waals surface area contributed by atoms with Crippen LogP contribution in [0.3, 0.4) is 0 Å². The standard InChI is InChI=1S/C20H26N2O6S/c1-26-17-9-6-5-8-16(17)22(29(4,24)25)13-7-10-20(23)21-15-11-12-18(27-2)19(14-15)28-3/h5-6,8-9,11-12,14H,7,10,13H2,1-4H3,(H,21,23). The van der Waals surface area contributed by atoms with E-state index in [0.29, 0.717) is 35.0 Å². The normalized spacial score (nSPS) is 10.9. The van der Waals surface area contributed by atoms with Crippen molar-refractivity contribution in [2.75, 3.05) is 43.8 Å². The predicted octanol–water partition coefficient (Wildman–Crippen LogP) is 2.90. The van der Waals surface area contributed by atoms with Crippen molar-refractivity contribution in [3.8, 4) is 17.2 Å². The lowest BCUT2D eigenvalue weighted by Crippen LogP contribution is -2.31. The van der Waals surface area contributed by atoms with E-state index in [1.54, 1.807) is 42.5 Å². The third-order valence-corrected chi connectivity index (χ3v) is 5.37. The van der Waals surface area contributed by atoms with Gasteiger partial charge in [-0.1, -0.05) is 12.1 Å². The number of sulfonamides is 1. The van der Waals surface area contributed by atoms with E-state index in [1.165, 1.54) is 25.6 Å². The Morgan fingerprint density at radius 3 is 2.24 bits per heavy atom. The molecule has 0 radical (unpaired) electrons. The van der Waals surface area contributed by atoms with Gasteiger partial charge in [-0.25, -0.2) is 8.42 Å². The second-order valence-corrected chi connectivity index (χ2v) is 8.14. The fourth-order valence-corrected chi connectivity index (χ4v) is 3.79. The molecule has 8 nitrogen and oxygen atoms in total. The first-order valence-electron chi connectivity index (χ1n) is 8.92. The number of nitrogens with one attached hydrogen (secondary N) is 1. The summed E-state index contributed by atoms with van der Waals surface area (Å²) >= 11 is 0. The smallest absolute Gasteiger partial charge is 0.232 e. The maximum atomic E-state index is 12.3. The Bertz CT molecular complexity index is 946. The molecule has 0 heterocycles. The van der Waals surface area contributed by atoms with E-state index in [0.717, 1.165) is 6.26 Å².